The van der Waals surface area contributed by atoms with Gasteiger partial charge in [0, 0.05) is 6.42 Å². The van der Waals surface area contributed by atoms with Crippen LogP contribution in [-0.2, 0) is 14.3 Å². The average molecular weight is 886 g/mol. The van der Waals surface area contributed by atoms with E-state index in [1.165, 1.54) is 173 Å². The van der Waals surface area contributed by atoms with Gasteiger partial charge in [-0.15, -0.1) is 0 Å². The summed E-state index contributed by atoms with van der Waals surface area (Å²) in [4.78, 5) is 26.2. The molecule has 0 saturated heterocycles. The largest absolute Gasteiger partial charge is 0.462 e. The Morgan fingerprint density at radius 2 is 0.810 bits per heavy atom. The molecule has 0 aromatic heterocycles. The van der Waals surface area contributed by atoms with E-state index in [0.717, 1.165) is 70.6 Å². The molecular weight excluding hydrogens is 779 g/mol. The van der Waals surface area contributed by atoms with E-state index in [9.17, 15) is 19.8 Å². The number of unbranched alkanes of at least 4 members (excludes halogenated alkanes) is 32. The van der Waals surface area contributed by atoms with Gasteiger partial charge in [0.05, 0.1) is 25.2 Å². The highest BCUT2D eigenvalue weighted by Crippen LogP contribution is 2.18. The third-order valence-corrected chi connectivity index (χ3v) is 12.7. The Morgan fingerprint density at radius 1 is 0.460 bits per heavy atom. The van der Waals surface area contributed by atoms with Crippen molar-refractivity contribution in [3.63, 3.8) is 0 Å². The fraction of sp³-hybridized carbons (Fsp3) is 0.860. The van der Waals surface area contributed by atoms with Gasteiger partial charge < -0.3 is 20.3 Å². The van der Waals surface area contributed by atoms with Crippen LogP contribution >= 0.6 is 0 Å². The molecule has 0 heterocycles. The zero-order valence-electron chi connectivity index (χ0n) is 42.2. The number of aliphatic hydroxyl groups is 2. The highest BCUT2D eigenvalue weighted by molar-refractivity contribution is 5.77. The maximum absolute atomic E-state index is 13.2. The molecule has 0 aliphatic heterocycles. The van der Waals surface area contributed by atoms with Crippen LogP contribution in [0.25, 0.3) is 0 Å². The minimum Gasteiger partial charge on any atom is -0.462 e. The summed E-state index contributed by atoms with van der Waals surface area (Å²) in [5.41, 5.74) is 0. The molecule has 0 aliphatic rings. The lowest BCUT2D eigenvalue weighted by Gasteiger charge is -2.24. The van der Waals surface area contributed by atoms with Crippen molar-refractivity contribution in [3.05, 3.63) is 36.5 Å². The molecule has 0 fully saturated rings. The Kier molecular flexibility index (Phi) is 49.5. The summed E-state index contributed by atoms with van der Waals surface area (Å²) in [5.74, 6) is -0.485. The smallest absolute Gasteiger partial charge is 0.306 e. The normalized spacial score (nSPS) is 13.4. The third-order valence-electron chi connectivity index (χ3n) is 12.7. The molecular formula is C57H107NO5. The van der Waals surface area contributed by atoms with Crippen LogP contribution in [0.1, 0.15) is 290 Å². The second-order valence-corrected chi connectivity index (χ2v) is 19.0. The van der Waals surface area contributed by atoms with Crippen molar-refractivity contribution >= 4 is 11.9 Å². The topological polar surface area (TPSA) is 95.9 Å². The summed E-state index contributed by atoms with van der Waals surface area (Å²) < 4.78 is 5.95. The minimum atomic E-state index is -0.789. The van der Waals surface area contributed by atoms with Crippen molar-refractivity contribution in [2.75, 3.05) is 6.61 Å². The predicted molar refractivity (Wildman–Crippen MR) is 273 cm³/mol. The molecule has 6 heteroatoms. The number of esters is 1. The molecule has 3 atom stereocenters. The van der Waals surface area contributed by atoms with Gasteiger partial charge in [0.2, 0.25) is 5.91 Å². The molecule has 0 aromatic carbocycles. The first kappa shape index (κ1) is 61.1. The molecule has 0 spiro atoms. The number of hydrogen-bond donors (Lipinski definition) is 3. The molecule has 1 amide bonds. The molecule has 0 saturated carbocycles. The Morgan fingerprint density at radius 3 is 1.25 bits per heavy atom. The van der Waals surface area contributed by atoms with Crippen molar-refractivity contribution in [1.82, 2.24) is 5.32 Å². The van der Waals surface area contributed by atoms with Crippen LogP contribution in [0.15, 0.2) is 36.5 Å². The average Bonchev–Trinajstić information content (AvgIpc) is 3.28. The molecule has 0 radical (unpaired) electrons. The molecule has 3 unspecified atom stereocenters. The molecule has 6 nitrogen and oxygen atoms in total. The lowest BCUT2D eigenvalue weighted by Crippen LogP contribution is -2.46. The standard InChI is InChI=1S/C57H107NO5/c1-4-7-10-13-16-19-22-25-27-28-30-32-35-38-41-44-47-50-57(62)63-53(48-45-42-39-36-33-31-29-26-23-20-17-14-11-8-5-2)51-56(61)58-54(52-59)55(60)49-46-43-40-37-34-24-21-18-15-12-9-6-3/h16,19,25,27,30,32,53-55,59-60H,4-15,17-18,20-24,26,28-29,31,33-52H2,1-3H3,(H,58,61)/b19-16-,27-25-,32-30-. The maximum Gasteiger partial charge on any atom is 0.306 e. The first-order chi connectivity index (χ1) is 31.0. The Hall–Kier alpha value is -1.92. The zero-order valence-corrected chi connectivity index (χ0v) is 42.2. The Labute approximate surface area is 392 Å². The van der Waals surface area contributed by atoms with Gasteiger partial charge in [-0.25, -0.2) is 0 Å². The van der Waals surface area contributed by atoms with E-state index in [2.05, 4.69) is 62.5 Å². The first-order valence-corrected chi connectivity index (χ1v) is 27.7. The van der Waals surface area contributed by atoms with Crippen molar-refractivity contribution in [2.45, 2.75) is 309 Å². The summed E-state index contributed by atoms with van der Waals surface area (Å²) in [6, 6.07) is -0.703. The van der Waals surface area contributed by atoms with E-state index in [4.69, 9.17) is 4.74 Å². The van der Waals surface area contributed by atoms with Crippen molar-refractivity contribution in [2.24, 2.45) is 0 Å². The van der Waals surface area contributed by atoms with Gasteiger partial charge in [0.15, 0.2) is 0 Å². The Bertz CT molecular complexity index is 1040. The Balaban J connectivity index is 4.58. The highest BCUT2D eigenvalue weighted by atomic mass is 16.5. The zero-order chi connectivity index (χ0) is 45.9. The van der Waals surface area contributed by atoms with E-state index < -0.39 is 18.2 Å². The van der Waals surface area contributed by atoms with Crippen molar-refractivity contribution < 1.29 is 24.5 Å². The van der Waals surface area contributed by atoms with E-state index in [1.54, 1.807) is 0 Å². The van der Waals surface area contributed by atoms with Gasteiger partial charge in [-0.3, -0.25) is 9.59 Å². The van der Waals surface area contributed by atoms with Crippen LogP contribution in [0.4, 0.5) is 0 Å². The fourth-order valence-corrected chi connectivity index (χ4v) is 8.50. The number of nitrogens with one attached hydrogen (secondary N) is 1. The maximum atomic E-state index is 13.2. The number of aliphatic hydroxyl groups excluding tert-OH is 2. The van der Waals surface area contributed by atoms with Gasteiger partial charge in [0.25, 0.3) is 0 Å². The van der Waals surface area contributed by atoms with Gasteiger partial charge in [-0.1, -0.05) is 250 Å². The molecule has 370 valence electrons. The molecule has 3 N–H and O–H groups in total. The lowest BCUT2D eigenvalue weighted by molar-refractivity contribution is -0.151. The molecule has 0 aliphatic carbocycles. The van der Waals surface area contributed by atoms with Gasteiger partial charge in [-0.2, -0.15) is 0 Å². The van der Waals surface area contributed by atoms with E-state index in [-0.39, 0.29) is 24.9 Å². The number of carbonyl (C=O) groups excluding carboxylic acids is 2. The van der Waals surface area contributed by atoms with Crippen LogP contribution in [-0.4, -0.2) is 46.9 Å². The summed E-state index contributed by atoms with van der Waals surface area (Å²) in [6.45, 7) is 6.47. The molecule has 0 bridgehead atoms. The van der Waals surface area contributed by atoms with Crippen LogP contribution in [0, 0.1) is 0 Å². The summed E-state index contributed by atoms with van der Waals surface area (Å²) in [6.07, 6.45) is 60.6. The summed E-state index contributed by atoms with van der Waals surface area (Å²) >= 11 is 0. The van der Waals surface area contributed by atoms with Gasteiger partial charge >= 0.3 is 5.97 Å². The predicted octanol–water partition coefficient (Wildman–Crippen LogP) is 16.8. The number of amides is 1. The molecule has 0 aromatic rings. The van der Waals surface area contributed by atoms with Gasteiger partial charge in [-0.05, 0) is 64.2 Å². The monoisotopic (exact) mass is 886 g/mol. The van der Waals surface area contributed by atoms with Crippen LogP contribution in [0.5, 0.6) is 0 Å². The van der Waals surface area contributed by atoms with Crippen molar-refractivity contribution in [1.29, 1.82) is 0 Å². The fourth-order valence-electron chi connectivity index (χ4n) is 8.50. The second-order valence-electron chi connectivity index (χ2n) is 19.0. The molecule has 63 heavy (non-hydrogen) atoms. The second kappa shape index (κ2) is 51.1. The number of rotatable bonds is 50. The number of ether oxygens (including phenoxy) is 1. The van der Waals surface area contributed by atoms with Crippen LogP contribution in [0.2, 0.25) is 0 Å². The van der Waals surface area contributed by atoms with Crippen LogP contribution in [0.3, 0.4) is 0 Å². The third kappa shape index (κ3) is 46.4. The molecule has 0 rings (SSSR count). The van der Waals surface area contributed by atoms with Crippen molar-refractivity contribution in [3.8, 4) is 0 Å². The summed E-state index contributed by atoms with van der Waals surface area (Å²) in [7, 11) is 0. The minimum absolute atomic E-state index is 0.0729. The summed E-state index contributed by atoms with van der Waals surface area (Å²) in [5, 5.41) is 23.8. The SMILES string of the molecule is CCCCC/C=C\C/C=C\C/C=C\CCCCCCC(=O)OC(CCCCCCCCCCCCCCCCC)CC(=O)NC(CO)C(O)CCCCCCCCCCCCCC. The first-order valence-electron chi connectivity index (χ1n) is 27.7. The van der Waals surface area contributed by atoms with Crippen LogP contribution < -0.4 is 5.32 Å². The van der Waals surface area contributed by atoms with E-state index >= 15 is 0 Å². The van der Waals surface area contributed by atoms with Gasteiger partial charge in [0.1, 0.15) is 6.10 Å². The highest BCUT2D eigenvalue weighted by Gasteiger charge is 2.24. The van der Waals surface area contributed by atoms with E-state index in [0.29, 0.717) is 19.3 Å². The number of allylic oxidation sites excluding steroid dienone is 6. The van der Waals surface area contributed by atoms with E-state index in [1.807, 2.05) is 0 Å². The number of carbonyl (C=O) groups is 2. The quantitative estimate of drug-likeness (QED) is 0.0321. The lowest BCUT2D eigenvalue weighted by atomic mass is 10.0. The number of hydrogen-bond acceptors (Lipinski definition) is 5.